The minimum atomic E-state index is 0. The second-order valence-corrected chi connectivity index (χ2v) is 10.4. The Kier molecular flexibility index (Phi) is 11.3. The zero-order valence-corrected chi connectivity index (χ0v) is 22.6. The number of hydrogen-bond acceptors (Lipinski definition) is 3. The standard InChI is InChI=1S/C26H40N4.3ClH/c1-26(15-7-3-2-4-8-16-26)29-18-13-22(14-19-29)30-24-12-6-5-11-23(24)28-25(30)21-10-9-17-27-20-21;;;/h5-6,11-12,21-22,27H,2-4,7-10,13-20H2,1H3;3*1H/t21-;;;/m0.../s1. The van der Waals surface area contributed by atoms with Gasteiger partial charge in [-0.2, -0.15) is 0 Å². The Hall–Kier alpha value is -0.520. The predicted octanol–water partition coefficient (Wildman–Crippen LogP) is 6.91. The molecule has 0 spiro atoms. The van der Waals surface area contributed by atoms with Crippen molar-refractivity contribution in [3.05, 3.63) is 30.1 Å². The maximum atomic E-state index is 5.17. The molecule has 0 bridgehead atoms. The lowest BCUT2D eigenvalue weighted by Crippen LogP contribution is -2.50. The molecule has 1 aromatic heterocycles. The van der Waals surface area contributed by atoms with Crippen molar-refractivity contribution in [2.24, 2.45) is 0 Å². The van der Waals surface area contributed by atoms with Gasteiger partial charge in [-0.3, -0.25) is 4.90 Å². The Morgan fingerprint density at radius 3 is 2.21 bits per heavy atom. The normalized spacial score (nSPS) is 24.6. The molecule has 2 aliphatic heterocycles. The van der Waals surface area contributed by atoms with Crippen molar-refractivity contribution < 1.29 is 0 Å². The molecule has 4 nitrogen and oxygen atoms in total. The quantitative estimate of drug-likeness (QED) is 0.480. The monoisotopic (exact) mass is 516 g/mol. The summed E-state index contributed by atoms with van der Waals surface area (Å²) in [5.74, 6) is 1.91. The van der Waals surface area contributed by atoms with E-state index in [0.29, 0.717) is 17.5 Å². The summed E-state index contributed by atoms with van der Waals surface area (Å²) in [5, 5.41) is 3.61. The molecule has 3 aliphatic rings. The highest BCUT2D eigenvalue weighted by Crippen LogP contribution is 2.38. The third-order valence-electron chi connectivity index (χ3n) is 8.31. The van der Waals surface area contributed by atoms with Crippen LogP contribution in [0.3, 0.4) is 0 Å². The Morgan fingerprint density at radius 1 is 0.879 bits per heavy atom. The van der Waals surface area contributed by atoms with Gasteiger partial charge in [0.1, 0.15) is 5.82 Å². The molecule has 3 fully saturated rings. The first-order valence-electron chi connectivity index (χ1n) is 12.7. The highest BCUT2D eigenvalue weighted by molar-refractivity contribution is 5.86. The molecule has 0 radical (unpaired) electrons. The molecule has 1 aromatic carbocycles. The average molecular weight is 518 g/mol. The molecule has 1 N–H and O–H groups in total. The van der Waals surface area contributed by atoms with Crippen LogP contribution in [0.1, 0.15) is 95.3 Å². The lowest BCUT2D eigenvalue weighted by molar-refractivity contribution is 0.0435. The smallest absolute Gasteiger partial charge is 0.114 e. The van der Waals surface area contributed by atoms with Gasteiger partial charge in [-0.1, -0.05) is 44.2 Å². The van der Waals surface area contributed by atoms with Crippen molar-refractivity contribution in [3.8, 4) is 0 Å². The van der Waals surface area contributed by atoms with Crippen LogP contribution in [0.25, 0.3) is 11.0 Å². The van der Waals surface area contributed by atoms with Crippen LogP contribution in [0.4, 0.5) is 0 Å². The number of piperidine rings is 2. The number of halogens is 3. The van der Waals surface area contributed by atoms with Gasteiger partial charge in [-0.05, 0) is 64.1 Å². The zero-order valence-electron chi connectivity index (χ0n) is 20.1. The van der Waals surface area contributed by atoms with E-state index in [1.807, 2.05) is 0 Å². The lowest BCUT2D eigenvalue weighted by Gasteiger charge is -2.46. The van der Waals surface area contributed by atoms with E-state index in [9.17, 15) is 0 Å². The van der Waals surface area contributed by atoms with E-state index in [1.54, 1.807) is 0 Å². The Labute approximate surface area is 218 Å². The van der Waals surface area contributed by atoms with Crippen LogP contribution in [0.2, 0.25) is 0 Å². The maximum absolute atomic E-state index is 5.17. The third kappa shape index (κ3) is 6.19. The van der Waals surface area contributed by atoms with Crippen molar-refractivity contribution in [1.82, 2.24) is 19.8 Å². The Bertz CT molecular complexity index is 833. The Balaban J connectivity index is 0.00000128. The summed E-state index contributed by atoms with van der Waals surface area (Å²) in [6.45, 7) is 7.30. The second-order valence-electron chi connectivity index (χ2n) is 10.4. The lowest BCUT2D eigenvalue weighted by atomic mass is 9.82. The van der Waals surface area contributed by atoms with E-state index in [-0.39, 0.29) is 37.2 Å². The number of rotatable bonds is 3. The number of nitrogens with one attached hydrogen (secondary N) is 1. The fourth-order valence-corrected chi connectivity index (χ4v) is 6.45. The number of imidazole rings is 1. The summed E-state index contributed by atoms with van der Waals surface area (Å²) < 4.78 is 2.66. The Morgan fingerprint density at radius 2 is 1.55 bits per heavy atom. The van der Waals surface area contributed by atoms with Crippen LogP contribution in [-0.2, 0) is 0 Å². The summed E-state index contributed by atoms with van der Waals surface area (Å²) in [7, 11) is 0. The largest absolute Gasteiger partial charge is 0.324 e. The first-order valence-corrected chi connectivity index (χ1v) is 12.7. The minimum Gasteiger partial charge on any atom is -0.324 e. The minimum absolute atomic E-state index is 0. The van der Waals surface area contributed by atoms with E-state index in [2.05, 4.69) is 46.0 Å². The van der Waals surface area contributed by atoms with Crippen molar-refractivity contribution >= 4 is 48.3 Å². The van der Waals surface area contributed by atoms with Crippen LogP contribution in [-0.4, -0.2) is 46.2 Å². The van der Waals surface area contributed by atoms with Crippen molar-refractivity contribution in [2.75, 3.05) is 26.2 Å². The van der Waals surface area contributed by atoms with Gasteiger partial charge in [0.2, 0.25) is 0 Å². The molecule has 1 atom stereocenters. The molecule has 1 aliphatic carbocycles. The fourth-order valence-electron chi connectivity index (χ4n) is 6.45. The van der Waals surface area contributed by atoms with Gasteiger partial charge < -0.3 is 9.88 Å². The van der Waals surface area contributed by atoms with Crippen LogP contribution in [0.15, 0.2) is 24.3 Å². The molecule has 3 heterocycles. The van der Waals surface area contributed by atoms with Crippen LogP contribution < -0.4 is 5.32 Å². The van der Waals surface area contributed by atoms with Gasteiger partial charge in [-0.25, -0.2) is 4.98 Å². The molecule has 1 saturated carbocycles. The SMILES string of the molecule is CC1(N2CCC(n3c([C@H]4CCCNC4)nc4ccccc43)CC2)CCCCCCC1.Cl.Cl.Cl. The highest BCUT2D eigenvalue weighted by atomic mass is 35.5. The van der Waals surface area contributed by atoms with Crippen molar-refractivity contribution in [3.63, 3.8) is 0 Å². The summed E-state index contributed by atoms with van der Waals surface area (Å²) >= 11 is 0. The molecule has 33 heavy (non-hydrogen) atoms. The van der Waals surface area contributed by atoms with E-state index in [1.165, 1.54) is 101 Å². The number of hydrogen-bond donors (Lipinski definition) is 1. The molecule has 2 aromatic rings. The van der Waals surface area contributed by atoms with Gasteiger partial charge in [-0.15, -0.1) is 37.2 Å². The summed E-state index contributed by atoms with van der Waals surface area (Å²) in [6.07, 6.45) is 15.0. The summed E-state index contributed by atoms with van der Waals surface area (Å²) in [4.78, 5) is 8.02. The van der Waals surface area contributed by atoms with Crippen LogP contribution in [0.5, 0.6) is 0 Å². The molecule has 2 saturated heterocycles. The zero-order chi connectivity index (χ0) is 20.4. The van der Waals surface area contributed by atoms with E-state index in [4.69, 9.17) is 4.98 Å². The average Bonchev–Trinajstić information content (AvgIpc) is 3.17. The van der Waals surface area contributed by atoms with Gasteiger partial charge in [0.05, 0.1) is 11.0 Å². The summed E-state index contributed by atoms with van der Waals surface area (Å²) in [6, 6.07) is 9.43. The van der Waals surface area contributed by atoms with Crippen molar-refractivity contribution in [2.45, 2.75) is 95.1 Å². The molecule has 188 valence electrons. The number of nitrogens with zero attached hydrogens (tertiary/aromatic N) is 3. The number of benzene rings is 1. The number of para-hydroxylation sites is 2. The molecule has 0 amide bonds. The number of likely N-dealkylation sites (tertiary alicyclic amines) is 1. The maximum Gasteiger partial charge on any atom is 0.114 e. The van der Waals surface area contributed by atoms with Gasteiger partial charge >= 0.3 is 0 Å². The van der Waals surface area contributed by atoms with E-state index in [0.717, 1.165) is 13.1 Å². The predicted molar refractivity (Wildman–Crippen MR) is 147 cm³/mol. The first-order chi connectivity index (χ1) is 14.7. The topological polar surface area (TPSA) is 33.1 Å². The molecule has 5 rings (SSSR count). The van der Waals surface area contributed by atoms with E-state index < -0.39 is 0 Å². The van der Waals surface area contributed by atoms with Gasteiger partial charge in [0, 0.05) is 37.1 Å². The van der Waals surface area contributed by atoms with Crippen LogP contribution >= 0.6 is 37.2 Å². The van der Waals surface area contributed by atoms with Crippen LogP contribution in [0, 0.1) is 0 Å². The molecule has 0 unspecified atom stereocenters. The fraction of sp³-hybridized carbons (Fsp3) is 0.731. The molecular formula is C26H43Cl3N4. The van der Waals surface area contributed by atoms with Crippen molar-refractivity contribution in [1.29, 1.82) is 0 Å². The summed E-state index contributed by atoms with van der Waals surface area (Å²) in [5.41, 5.74) is 2.97. The number of aromatic nitrogens is 2. The second kappa shape index (κ2) is 13.0. The third-order valence-corrected chi connectivity index (χ3v) is 8.31. The van der Waals surface area contributed by atoms with E-state index >= 15 is 0 Å². The number of fused-ring (bicyclic) bond motifs is 1. The highest BCUT2D eigenvalue weighted by Gasteiger charge is 2.36. The first kappa shape index (κ1) is 28.7. The van der Waals surface area contributed by atoms with Gasteiger partial charge in [0.15, 0.2) is 0 Å². The molecule has 7 heteroatoms. The molecular weight excluding hydrogens is 475 g/mol. The van der Waals surface area contributed by atoms with Gasteiger partial charge in [0.25, 0.3) is 0 Å².